The van der Waals surface area contributed by atoms with Gasteiger partial charge < -0.3 is 14.4 Å². The van der Waals surface area contributed by atoms with Gasteiger partial charge in [0, 0.05) is 12.1 Å². The van der Waals surface area contributed by atoms with Crippen LogP contribution in [0.15, 0.2) is 18.2 Å². The molecule has 0 N–H and O–H groups in total. The SMILES string of the molecule is CCCCCN1C(=O)C2(OCCO2)c2cc(C)ccc21. The second-order valence-electron chi connectivity index (χ2n) is 5.50. The first-order valence-electron chi connectivity index (χ1n) is 7.40. The van der Waals surface area contributed by atoms with Crippen LogP contribution in [-0.2, 0) is 20.1 Å². The average Bonchev–Trinajstić information content (AvgIpc) is 3.01. The standard InChI is InChI=1S/C16H21NO3/c1-3-4-5-8-17-14-7-6-12(2)11-13(14)16(15(17)18)19-9-10-20-16/h6-7,11H,3-5,8-10H2,1-2H3. The number of hydrogen-bond acceptors (Lipinski definition) is 3. The number of nitrogens with zero attached hydrogens (tertiary/aromatic N) is 1. The summed E-state index contributed by atoms with van der Waals surface area (Å²) in [4.78, 5) is 14.6. The Morgan fingerprint density at radius 3 is 2.70 bits per heavy atom. The third-order valence-corrected chi connectivity index (χ3v) is 4.00. The maximum atomic E-state index is 12.8. The van der Waals surface area contributed by atoms with Gasteiger partial charge in [-0.1, -0.05) is 31.4 Å². The van der Waals surface area contributed by atoms with E-state index in [4.69, 9.17) is 9.47 Å². The Kier molecular flexibility index (Phi) is 3.52. The van der Waals surface area contributed by atoms with Crippen molar-refractivity contribution in [3.63, 3.8) is 0 Å². The van der Waals surface area contributed by atoms with Crippen molar-refractivity contribution in [2.45, 2.75) is 38.9 Å². The van der Waals surface area contributed by atoms with E-state index >= 15 is 0 Å². The molecule has 2 heterocycles. The lowest BCUT2D eigenvalue weighted by Crippen LogP contribution is -2.41. The number of unbranched alkanes of at least 4 members (excludes halogenated alkanes) is 2. The van der Waals surface area contributed by atoms with Gasteiger partial charge in [0.25, 0.3) is 11.7 Å². The molecular formula is C16H21NO3. The molecule has 0 aliphatic carbocycles. The third kappa shape index (κ3) is 1.95. The van der Waals surface area contributed by atoms with Gasteiger partial charge >= 0.3 is 0 Å². The number of ether oxygens (including phenoxy) is 2. The Balaban J connectivity index is 1.97. The third-order valence-electron chi connectivity index (χ3n) is 4.00. The van der Waals surface area contributed by atoms with Crippen LogP contribution in [0.1, 0.15) is 37.3 Å². The molecule has 4 heteroatoms. The second kappa shape index (κ2) is 5.19. The quantitative estimate of drug-likeness (QED) is 0.793. The lowest BCUT2D eigenvalue weighted by Gasteiger charge is -2.22. The first-order chi connectivity index (χ1) is 9.69. The summed E-state index contributed by atoms with van der Waals surface area (Å²) < 4.78 is 11.4. The molecule has 20 heavy (non-hydrogen) atoms. The molecule has 1 amide bonds. The van der Waals surface area contributed by atoms with Gasteiger partial charge in [0.1, 0.15) is 0 Å². The monoisotopic (exact) mass is 275 g/mol. The summed E-state index contributed by atoms with van der Waals surface area (Å²) in [5, 5.41) is 0. The number of benzene rings is 1. The molecule has 0 atom stereocenters. The fourth-order valence-corrected chi connectivity index (χ4v) is 2.98. The van der Waals surface area contributed by atoms with Crippen molar-refractivity contribution < 1.29 is 14.3 Å². The molecular weight excluding hydrogens is 254 g/mol. The predicted molar refractivity (Wildman–Crippen MR) is 76.6 cm³/mol. The van der Waals surface area contributed by atoms with Crippen LogP contribution in [0, 0.1) is 6.92 Å². The largest absolute Gasteiger partial charge is 0.336 e. The van der Waals surface area contributed by atoms with Gasteiger partial charge in [0.05, 0.1) is 18.9 Å². The number of anilines is 1. The van der Waals surface area contributed by atoms with E-state index < -0.39 is 5.79 Å². The lowest BCUT2D eigenvalue weighted by atomic mass is 10.0. The molecule has 3 rings (SSSR count). The molecule has 1 fully saturated rings. The zero-order valence-electron chi connectivity index (χ0n) is 12.1. The van der Waals surface area contributed by atoms with E-state index in [1.165, 1.54) is 0 Å². The second-order valence-corrected chi connectivity index (χ2v) is 5.50. The van der Waals surface area contributed by atoms with E-state index in [2.05, 4.69) is 6.92 Å². The van der Waals surface area contributed by atoms with Crippen molar-refractivity contribution in [2.24, 2.45) is 0 Å². The van der Waals surface area contributed by atoms with Crippen LogP contribution in [-0.4, -0.2) is 25.7 Å². The molecule has 0 saturated carbocycles. The molecule has 4 nitrogen and oxygen atoms in total. The van der Waals surface area contributed by atoms with Gasteiger partial charge in [-0.05, 0) is 25.5 Å². The lowest BCUT2D eigenvalue weighted by molar-refractivity contribution is -0.180. The Labute approximate surface area is 119 Å². The highest BCUT2D eigenvalue weighted by molar-refractivity contribution is 6.06. The van der Waals surface area contributed by atoms with E-state index in [1.54, 1.807) is 0 Å². The summed E-state index contributed by atoms with van der Waals surface area (Å²) in [6.07, 6.45) is 3.27. The van der Waals surface area contributed by atoms with E-state index in [0.29, 0.717) is 13.2 Å². The van der Waals surface area contributed by atoms with Crippen molar-refractivity contribution in [1.29, 1.82) is 0 Å². The summed E-state index contributed by atoms with van der Waals surface area (Å²) >= 11 is 0. The van der Waals surface area contributed by atoms with Gasteiger partial charge in [-0.15, -0.1) is 0 Å². The summed E-state index contributed by atoms with van der Waals surface area (Å²) in [5.41, 5.74) is 2.93. The molecule has 2 aliphatic rings. The van der Waals surface area contributed by atoms with Crippen LogP contribution < -0.4 is 4.90 Å². The van der Waals surface area contributed by atoms with E-state index in [9.17, 15) is 4.79 Å². The first kappa shape index (κ1) is 13.6. The maximum absolute atomic E-state index is 12.8. The van der Waals surface area contributed by atoms with Gasteiger partial charge in [-0.25, -0.2) is 0 Å². The van der Waals surface area contributed by atoms with Crippen molar-refractivity contribution in [2.75, 3.05) is 24.7 Å². The highest BCUT2D eigenvalue weighted by Crippen LogP contribution is 2.46. The highest BCUT2D eigenvalue weighted by Gasteiger charge is 2.55. The van der Waals surface area contributed by atoms with Crippen LogP contribution in [0.4, 0.5) is 5.69 Å². The number of carbonyl (C=O) groups is 1. The zero-order chi connectivity index (χ0) is 14.2. The summed E-state index contributed by atoms with van der Waals surface area (Å²) in [6.45, 7) is 5.86. The topological polar surface area (TPSA) is 38.8 Å². The first-order valence-corrected chi connectivity index (χ1v) is 7.40. The van der Waals surface area contributed by atoms with Crippen molar-refractivity contribution in [3.05, 3.63) is 29.3 Å². The minimum atomic E-state index is -1.17. The normalized spacial score (nSPS) is 19.9. The Bertz CT molecular complexity index is 520. The van der Waals surface area contributed by atoms with Gasteiger partial charge in [0.2, 0.25) is 0 Å². The Morgan fingerprint density at radius 2 is 2.00 bits per heavy atom. The minimum Gasteiger partial charge on any atom is -0.336 e. The summed E-state index contributed by atoms with van der Waals surface area (Å²) in [5.74, 6) is -1.24. The van der Waals surface area contributed by atoms with Crippen molar-refractivity contribution >= 4 is 11.6 Å². The van der Waals surface area contributed by atoms with Crippen LogP contribution in [0.3, 0.4) is 0 Å². The van der Waals surface area contributed by atoms with Crippen molar-refractivity contribution in [1.82, 2.24) is 0 Å². The molecule has 1 aromatic rings. The van der Waals surface area contributed by atoms with Gasteiger partial charge in [-0.3, -0.25) is 4.79 Å². The predicted octanol–water partition coefficient (Wildman–Crippen LogP) is 2.73. The molecule has 0 aromatic heterocycles. The number of rotatable bonds is 4. The van der Waals surface area contributed by atoms with E-state index in [-0.39, 0.29) is 5.91 Å². The molecule has 1 spiro atoms. The zero-order valence-corrected chi connectivity index (χ0v) is 12.1. The summed E-state index contributed by atoms with van der Waals surface area (Å²) in [6, 6.07) is 6.06. The van der Waals surface area contributed by atoms with E-state index in [0.717, 1.165) is 42.6 Å². The van der Waals surface area contributed by atoms with Crippen LogP contribution >= 0.6 is 0 Å². The number of carbonyl (C=O) groups excluding carboxylic acids is 1. The molecule has 2 aliphatic heterocycles. The van der Waals surface area contributed by atoms with Crippen LogP contribution in [0.25, 0.3) is 0 Å². The molecule has 108 valence electrons. The van der Waals surface area contributed by atoms with Crippen LogP contribution in [0.2, 0.25) is 0 Å². The minimum absolute atomic E-state index is 0.0632. The highest BCUT2D eigenvalue weighted by atomic mass is 16.7. The molecule has 1 aromatic carbocycles. The fraction of sp³-hybridized carbons (Fsp3) is 0.562. The molecule has 0 radical (unpaired) electrons. The van der Waals surface area contributed by atoms with Gasteiger partial charge in [0.15, 0.2) is 0 Å². The molecule has 0 unspecified atom stereocenters. The number of aryl methyl sites for hydroxylation is 1. The number of hydrogen-bond donors (Lipinski definition) is 0. The number of amides is 1. The van der Waals surface area contributed by atoms with Crippen molar-refractivity contribution in [3.8, 4) is 0 Å². The fourth-order valence-electron chi connectivity index (χ4n) is 2.98. The smallest absolute Gasteiger partial charge is 0.292 e. The Morgan fingerprint density at radius 1 is 1.25 bits per heavy atom. The Hall–Kier alpha value is -1.39. The van der Waals surface area contributed by atoms with Gasteiger partial charge in [-0.2, -0.15) is 0 Å². The number of fused-ring (bicyclic) bond motifs is 2. The van der Waals surface area contributed by atoms with E-state index in [1.807, 2.05) is 30.0 Å². The summed E-state index contributed by atoms with van der Waals surface area (Å²) in [7, 11) is 0. The van der Waals surface area contributed by atoms with Crippen LogP contribution in [0.5, 0.6) is 0 Å². The molecule has 0 bridgehead atoms. The molecule has 1 saturated heterocycles. The maximum Gasteiger partial charge on any atom is 0.292 e. The average molecular weight is 275 g/mol.